The highest BCUT2D eigenvalue weighted by molar-refractivity contribution is 5.28. The van der Waals surface area contributed by atoms with E-state index in [-0.39, 0.29) is 6.29 Å². The van der Waals surface area contributed by atoms with Crippen molar-refractivity contribution in [2.75, 3.05) is 13.7 Å². The van der Waals surface area contributed by atoms with Gasteiger partial charge in [0, 0.05) is 6.42 Å². The number of ether oxygens (including phenoxy) is 3. The minimum atomic E-state index is -0.0501. The van der Waals surface area contributed by atoms with Crippen molar-refractivity contribution in [3.05, 3.63) is 42.2 Å². The fraction of sp³-hybridized carbons (Fsp3) is 0.467. The smallest absolute Gasteiger partial charge is 0.198 e. The molecule has 0 saturated carbocycles. The molecule has 1 unspecified atom stereocenters. The maximum atomic E-state index is 5.52. The number of hydrogen-bond acceptors (Lipinski definition) is 3. The van der Waals surface area contributed by atoms with Gasteiger partial charge in [-0.3, -0.25) is 0 Å². The number of benzene rings is 1. The standard InChI is InChI=1S/C15H20O3/c1-16-14-9-7-13(8-10-14)5-4-12-18-15-6-2-3-11-17-15/h4,7-10,12,15H,2-3,5-6,11H2,1H3/b12-4-. The van der Waals surface area contributed by atoms with Crippen LogP contribution in [0.2, 0.25) is 0 Å². The summed E-state index contributed by atoms with van der Waals surface area (Å²) in [6.45, 7) is 0.816. The Kier molecular flexibility index (Phi) is 5.09. The second kappa shape index (κ2) is 7.07. The first kappa shape index (κ1) is 13.0. The SMILES string of the molecule is COc1ccc(C/C=C\OC2CCCCO2)cc1. The molecule has 0 amide bonds. The quantitative estimate of drug-likeness (QED) is 0.748. The lowest BCUT2D eigenvalue weighted by Crippen LogP contribution is -2.19. The lowest BCUT2D eigenvalue weighted by molar-refractivity contribution is -0.129. The van der Waals surface area contributed by atoms with E-state index in [1.807, 2.05) is 18.2 Å². The predicted octanol–water partition coefficient (Wildman–Crippen LogP) is 3.29. The Bertz CT molecular complexity index is 364. The summed E-state index contributed by atoms with van der Waals surface area (Å²) >= 11 is 0. The summed E-state index contributed by atoms with van der Waals surface area (Å²) in [4.78, 5) is 0. The van der Waals surface area contributed by atoms with Gasteiger partial charge in [0.15, 0.2) is 6.29 Å². The van der Waals surface area contributed by atoms with Gasteiger partial charge in [0.25, 0.3) is 0 Å². The van der Waals surface area contributed by atoms with Crippen LogP contribution in [0, 0.1) is 0 Å². The second-order valence-corrected chi connectivity index (χ2v) is 4.36. The van der Waals surface area contributed by atoms with Gasteiger partial charge < -0.3 is 14.2 Å². The van der Waals surface area contributed by atoms with E-state index in [1.54, 1.807) is 13.4 Å². The van der Waals surface area contributed by atoms with Crippen LogP contribution in [-0.4, -0.2) is 20.0 Å². The molecule has 0 N–H and O–H groups in total. The van der Waals surface area contributed by atoms with Crippen molar-refractivity contribution in [1.29, 1.82) is 0 Å². The topological polar surface area (TPSA) is 27.7 Å². The van der Waals surface area contributed by atoms with Gasteiger partial charge >= 0.3 is 0 Å². The lowest BCUT2D eigenvalue weighted by atomic mass is 10.1. The van der Waals surface area contributed by atoms with E-state index >= 15 is 0 Å². The van der Waals surface area contributed by atoms with Gasteiger partial charge in [-0.15, -0.1) is 0 Å². The van der Waals surface area contributed by atoms with Gasteiger partial charge in [-0.2, -0.15) is 0 Å². The lowest BCUT2D eigenvalue weighted by Gasteiger charge is -2.21. The first-order chi connectivity index (χ1) is 8.88. The third-order valence-corrected chi connectivity index (χ3v) is 2.98. The van der Waals surface area contributed by atoms with Crippen molar-refractivity contribution in [3.8, 4) is 5.75 Å². The van der Waals surface area contributed by atoms with Crippen molar-refractivity contribution >= 4 is 0 Å². The molecule has 1 aliphatic rings. The molecule has 98 valence electrons. The summed E-state index contributed by atoms with van der Waals surface area (Å²) in [6, 6.07) is 8.04. The zero-order chi connectivity index (χ0) is 12.6. The number of hydrogen-bond donors (Lipinski definition) is 0. The van der Waals surface area contributed by atoms with Crippen LogP contribution in [0.3, 0.4) is 0 Å². The highest BCUT2D eigenvalue weighted by atomic mass is 16.7. The van der Waals surface area contributed by atoms with E-state index in [4.69, 9.17) is 14.2 Å². The molecule has 1 heterocycles. The Balaban J connectivity index is 1.72. The van der Waals surface area contributed by atoms with E-state index in [0.717, 1.165) is 31.6 Å². The van der Waals surface area contributed by atoms with Gasteiger partial charge in [-0.1, -0.05) is 12.1 Å². The van der Waals surface area contributed by atoms with Gasteiger partial charge in [0.05, 0.1) is 20.0 Å². The summed E-state index contributed by atoms with van der Waals surface area (Å²) in [6.07, 6.45) is 7.90. The zero-order valence-electron chi connectivity index (χ0n) is 10.8. The molecule has 1 aromatic rings. The molecule has 0 aromatic heterocycles. The minimum absolute atomic E-state index is 0.0501. The van der Waals surface area contributed by atoms with E-state index in [1.165, 1.54) is 12.0 Å². The maximum absolute atomic E-state index is 5.52. The minimum Gasteiger partial charge on any atom is -0.497 e. The Labute approximate surface area is 108 Å². The molecule has 0 radical (unpaired) electrons. The molecule has 3 nitrogen and oxygen atoms in total. The highest BCUT2D eigenvalue weighted by Gasteiger charge is 2.12. The van der Waals surface area contributed by atoms with Crippen molar-refractivity contribution in [2.24, 2.45) is 0 Å². The highest BCUT2D eigenvalue weighted by Crippen LogP contribution is 2.14. The van der Waals surface area contributed by atoms with Crippen molar-refractivity contribution in [1.82, 2.24) is 0 Å². The van der Waals surface area contributed by atoms with E-state index in [2.05, 4.69) is 12.1 Å². The molecule has 2 rings (SSSR count). The Morgan fingerprint density at radius 2 is 2.11 bits per heavy atom. The van der Waals surface area contributed by atoms with Gasteiger partial charge in [0.1, 0.15) is 5.75 Å². The Hall–Kier alpha value is -1.48. The molecule has 1 saturated heterocycles. The normalized spacial score (nSPS) is 19.9. The van der Waals surface area contributed by atoms with Crippen LogP contribution < -0.4 is 4.74 Å². The third kappa shape index (κ3) is 4.08. The van der Waals surface area contributed by atoms with Crippen molar-refractivity contribution in [2.45, 2.75) is 32.0 Å². The Morgan fingerprint density at radius 3 is 2.78 bits per heavy atom. The summed E-state index contributed by atoms with van der Waals surface area (Å²) < 4.78 is 16.1. The summed E-state index contributed by atoms with van der Waals surface area (Å²) in [5, 5.41) is 0. The van der Waals surface area contributed by atoms with Crippen LogP contribution in [0.1, 0.15) is 24.8 Å². The molecule has 1 aliphatic heterocycles. The average molecular weight is 248 g/mol. The molecule has 1 atom stereocenters. The zero-order valence-corrected chi connectivity index (χ0v) is 10.8. The van der Waals surface area contributed by atoms with Crippen LogP contribution >= 0.6 is 0 Å². The van der Waals surface area contributed by atoms with E-state index in [9.17, 15) is 0 Å². The molecular formula is C15H20O3. The summed E-state index contributed by atoms with van der Waals surface area (Å²) in [5.74, 6) is 0.884. The first-order valence-electron chi connectivity index (χ1n) is 6.43. The maximum Gasteiger partial charge on any atom is 0.198 e. The molecule has 3 heteroatoms. The van der Waals surface area contributed by atoms with Crippen LogP contribution in [0.15, 0.2) is 36.6 Å². The van der Waals surface area contributed by atoms with Crippen LogP contribution in [0.25, 0.3) is 0 Å². The largest absolute Gasteiger partial charge is 0.497 e. The molecule has 0 aliphatic carbocycles. The first-order valence-corrected chi connectivity index (χ1v) is 6.43. The number of methoxy groups -OCH3 is 1. The van der Waals surface area contributed by atoms with Crippen molar-refractivity contribution < 1.29 is 14.2 Å². The van der Waals surface area contributed by atoms with Gasteiger partial charge in [-0.05, 0) is 43.0 Å². The molecule has 1 aromatic carbocycles. The monoisotopic (exact) mass is 248 g/mol. The van der Waals surface area contributed by atoms with E-state index in [0.29, 0.717) is 0 Å². The predicted molar refractivity (Wildman–Crippen MR) is 70.5 cm³/mol. The molecular weight excluding hydrogens is 228 g/mol. The summed E-state index contributed by atoms with van der Waals surface area (Å²) in [7, 11) is 1.67. The number of rotatable bonds is 5. The van der Waals surface area contributed by atoms with Crippen LogP contribution in [0.5, 0.6) is 5.75 Å². The second-order valence-electron chi connectivity index (χ2n) is 4.36. The number of allylic oxidation sites excluding steroid dienone is 1. The molecule has 0 bridgehead atoms. The fourth-order valence-corrected chi connectivity index (χ4v) is 1.91. The third-order valence-electron chi connectivity index (χ3n) is 2.98. The average Bonchev–Trinajstić information content (AvgIpc) is 2.45. The van der Waals surface area contributed by atoms with Gasteiger partial charge in [-0.25, -0.2) is 0 Å². The Morgan fingerprint density at radius 1 is 1.28 bits per heavy atom. The molecule has 1 fully saturated rings. The molecule has 18 heavy (non-hydrogen) atoms. The van der Waals surface area contributed by atoms with E-state index < -0.39 is 0 Å². The fourth-order valence-electron chi connectivity index (χ4n) is 1.91. The van der Waals surface area contributed by atoms with Crippen molar-refractivity contribution in [3.63, 3.8) is 0 Å². The van der Waals surface area contributed by atoms with Crippen LogP contribution in [0.4, 0.5) is 0 Å². The molecule has 0 spiro atoms. The van der Waals surface area contributed by atoms with Crippen LogP contribution in [-0.2, 0) is 15.9 Å². The summed E-state index contributed by atoms with van der Waals surface area (Å²) in [5.41, 5.74) is 1.24. The van der Waals surface area contributed by atoms with Gasteiger partial charge in [0.2, 0.25) is 0 Å².